The molecule has 80 valence electrons. The molecule has 5 nitrogen and oxygen atoms in total. The first-order valence-electron chi connectivity index (χ1n) is 4.19. The monoisotopic (exact) mass is 229 g/mol. The van der Waals surface area contributed by atoms with Gasteiger partial charge in [0.05, 0.1) is 0 Å². The van der Waals surface area contributed by atoms with E-state index in [2.05, 4.69) is 5.32 Å². The van der Waals surface area contributed by atoms with Crippen molar-refractivity contribution >= 4 is 17.7 Å². The molecule has 6 N–H and O–H groups in total. The summed E-state index contributed by atoms with van der Waals surface area (Å²) < 4.78 is 0. The molecule has 0 heterocycles. The molecule has 0 unspecified atom stereocenters. The van der Waals surface area contributed by atoms with Gasteiger partial charge in [0.25, 0.3) is 0 Å². The third kappa shape index (κ3) is 12.4. The molecule has 0 spiro atoms. The van der Waals surface area contributed by atoms with Crippen molar-refractivity contribution in [3.05, 3.63) is 0 Å². The van der Waals surface area contributed by atoms with Crippen LogP contribution in [0.15, 0.2) is 0 Å². The Hall–Kier alpha value is 0.450. The van der Waals surface area contributed by atoms with Crippen LogP contribution in [0.4, 0.5) is 0 Å². The lowest BCUT2D eigenvalue weighted by Gasteiger charge is -1.98. The van der Waals surface area contributed by atoms with E-state index in [4.69, 9.17) is 20.4 Å². The van der Waals surface area contributed by atoms with E-state index < -0.39 is 6.72 Å². The summed E-state index contributed by atoms with van der Waals surface area (Å²) in [4.78, 5) is 25.8. The first kappa shape index (κ1) is 13.4. The molecular weight excluding hydrogens is 211 g/mol. The van der Waals surface area contributed by atoms with Crippen LogP contribution in [0, 0.1) is 0 Å². The maximum Gasteiger partial charge on any atom is 0.515 e. The summed E-state index contributed by atoms with van der Waals surface area (Å²) in [6.45, 7) is -1.37. The molecule has 0 bridgehead atoms. The van der Waals surface area contributed by atoms with E-state index in [0.29, 0.717) is 18.8 Å². The van der Waals surface area contributed by atoms with Crippen LogP contribution in [0.25, 0.3) is 0 Å². The zero-order valence-electron chi connectivity index (χ0n) is 7.52. The fourth-order valence-corrected chi connectivity index (χ4v) is 2.25. The van der Waals surface area contributed by atoms with Crippen molar-refractivity contribution in [2.24, 2.45) is 5.73 Å². The lowest BCUT2D eigenvalue weighted by Crippen LogP contribution is -2.20. The van der Waals surface area contributed by atoms with Gasteiger partial charge in [-0.3, -0.25) is 14.7 Å². The summed E-state index contributed by atoms with van der Waals surface area (Å²) in [5.74, 6) is 0.500. The normalized spacial score (nSPS) is 11.7. The van der Waals surface area contributed by atoms with E-state index in [-0.39, 0.29) is 0 Å². The third-order valence-corrected chi connectivity index (χ3v) is 3.67. The highest BCUT2D eigenvalue weighted by Gasteiger charge is 2.17. The minimum atomic E-state index is -3.62. The molecular formula is C6H18N2O3PS+. The summed E-state index contributed by atoms with van der Waals surface area (Å²) >= 11 is 0. The Morgan fingerprint density at radius 3 is 2.38 bits per heavy atom. The Kier molecular flexibility index (Phi) is 8.09. The van der Waals surface area contributed by atoms with Gasteiger partial charge >= 0.3 is 6.72 Å². The van der Waals surface area contributed by atoms with Crippen molar-refractivity contribution in [3.63, 3.8) is 0 Å². The van der Waals surface area contributed by atoms with Crippen LogP contribution < -0.4 is 11.1 Å². The molecule has 0 aromatic carbocycles. The molecule has 0 aromatic heterocycles. The van der Waals surface area contributed by atoms with Crippen LogP contribution >= 0.6 is 6.72 Å². The molecule has 0 fully saturated rings. The van der Waals surface area contributed by atoms with Crippen LogP contribution in [0.2, 0.25) is 0 Å². The molecule has 0 amide bonds. The predicted molar refractivity (Wildman–Crippen MR) is 57.0 cm³/mol. The summed E-state index contributed by atoms with van der Waals surface area (Å²) in [5, 5.41) is 3.10. The molecule has 0 aliphatic rings. The molecule has 0 atom stereocenters. The number of nitrogens with two attached hydrogens (primary N) is 1. The second-order valence-corrected chi connectivity index (χ2v) is 6.53. The highest BCUT2D eigenvalue weighted by Crippen LogP contribution is 2.30. The maximum atomic E-state index is 8.60. The van der Waals surface area contributed by atoms with Crippen molar-refractivity contribution in [1.82, 2.24) is 5.32 Å². The number of hydrogen-bond donors (Lipinski definition) is 5. The standard InChI is InChI=1S/C6H18N2O3PS/c7-3-1-2-4-8-5-6-13-12(9,10)11/h8-11H,1-7H2/q+1. The SMILES string of the molecule is NCCCCNCC[S+]=P(O)(O)O. The lowest BCUT2D eigenvalue weighted by molar-refractivity contribution is 0.363. The van der Waals surface area contributed by atoms with Crippen molar-refractivity contribution in [2.45, 2.75) is 12.8 Å². The van der Waals surface area contributed by atoms with Crippen LogP contribution in [-0.2, 0) is 10.9 Å². The Bertz CT molecular complexity index is 165. The van der Waals surface area contributed by atoms with Crippen molar-refractivity contribution in [2.75, 3.05) is 25.4 Å². The first-order chi connectivity index (χ1) is 6.06. The molecule has 0 aliphatic carbocycles. The zero-order valence-corrected chi connectivity index (χ0v) is 9.23. The molecule has 0 radical (unpaired) electrons. The third-order valence-electron chi connectivity index (χ3n) is 1.35. The summed E-state index contributed by atoms with van der Waals surface area (Å²) in [5.41, 5.74) is 5.30. The van der Waals surface area contributed by atoms with Crippen molar-refractivity contribution < 1.29 is 14.7 Å². The van der Waals surface area contributed by atoms with E-state index in [1.54, 1.807) is 0 Å². The van der Waals surface area contributed by atoms with Crippen LogP contribution in [0.1, 0.15) is 12.8 Å². The van der Waals surface area contributed by atoms with Gasteiger partial charge in [-0.1, -0.05) is 0 Å². The Labute approximate surface area is 82.2 Å². The summed E-state index contributed by atoms with van der Waals surface area (Å²) in [6, 6.07) is 0. The van der Waals surface area contributed by atoms with Gasteiger partial charge < -0.3 is 11.1 Å². The molecule has 0 rings (SSSR count). The molecule has 13 heavy (non-hydrogen) atoms. The van der Waals surface area contributed by atoms with Crippen LogP contribution in [0.5, 0.6) is 0 Å². The predicted octanol–water partition coefficient (Wildman–Crippen LogP) is -0.948. The number of hydrogen-bond acceptors (Lipinski definition) is 2. The van der Waals surface area contributed by atoms with E-state index in [0.717, 1.165) is 30.3 Å². The van der Waals surface area contributed by atoms with Gasteiger partial charge in [0.1, 0.15) is 0 Å². The summed E-state index contributed by atoms with van der Waals surface area (Å²) in [7, 11) is 0.788. The minimum absolute atomic E-state index is 0.500. The van der Waals surface area contributed by atoms with E-state index in [1.165, 1.54) is 0 Å². The van der Waals surface area contributed by atoms with Gasteiger partial charge in [0.2, 0.25) is 10.9 Å². The number of unbranched alkanes of at least 4 members (excludes halogenated alkanes) is 1. The lowest BCUT2D eigenvalue weighted by atomic mass is 10.3. The summed E-state index contributed by atoms with van der Waals surface area (Å²) in [6.07, 6.45) is 2.02. The Morgan fingerprint density at radius 1 is 1.15 bits per heavy atom. The largest absolute Gasteiger partial charge is 0.515 e. The van der Waals surface area contributed by atoms with E-state index in [1.807, 2.05) is 0 Å². The molecule has 0 saturated heterocycles. The molecule has 0 saturated carbocycles. The highest BCUT2D eigenvalue weighted by atomic mass is 32.5. The minimum Gasteiger partial charge on any atom is -0.330 e. The van der Waals surface area contributed by atoms with Crippen LogP contribution in [-0.4, -0.2) is 40.1 Å². The second-order valence-electron chi connectivity index (χ2n) is 2.59. The van der Waals surface area contributed by atoms with Gasteiger partial charge in [0, 0.05) is 6.54 Å². The smallest absolute Gasteiger partial charge is 0.330 e. The van der Waals surface area contributed by atoms with Gasteiger partial charge in [-0.05, 0) is 25.9 Å². The fourth-order valence-electron chi connectivity index (χ4n) is 0.760. The molecule has 0 aliphatic heterocycles. The first-order valence-corrected chi connectivity index (χ1v) is 7.42. The van der Waals surface area contributed by atoms with Crippen molar-refractivity contribution in [3.8, 4) is 0 Å². The van der Waals surface area contributed by atoms with Gasteiger partial charge in [-0.15, -0.1) is 0 Å². The van der Waals surface area contributed by atoms with E-state index in [9.17, 15) is 0 Å². The zero-order chi connectivity index (χ0) is 10.2. The average molecular weight is 229 g/mol. The highest BCUT2D eigenvalue weighted by molar-refractivity contribution is 8.16. The average Bonchev–Trinajstić information content (AvgIpc) is 2.01. The maximum absolute atomic E-state index is 8.60. The molecule has 7 heteroatoms. The van der Waals surface area contributed by atoms with Crippen molar-refractivity contribution in [1.29, 1.82) is 0 Å². The van der Waals surface area contributed by atoms with Gasteiger partial charge in [-0.25, -0.2) is 0 Å². The quantitative estimate of drug-likeness (QED) is 0.220. The number of rotatable bonds is 7. The van der Waals surface area contributed by atoms with Crippen LogP contribution in [0.3, 0.4) is 0 Å². The van der Waals surface area contributed by atoms with Gasteiger partial charge in [0.15, 0.2) is 5.75 Å². The second kappa shape index (κ2) is 7.82. The topological polar surface area (TPSA) is 98.7 Å². The fraction of sp³-hybridized carbons (Fsp3) is 1.00. The van der Waals surface area contributed by atoms with E-state index >= 15 is 0 Å². The Morgan fingerprint density at radius 2 is 1.85 bits per heavy atom. The Balaban J connectivity index is 3.18. The number of nitrogens with one attached hydrogen (secondary N) is 1. The molecule has 0 aromatic rings. The van der Waals surface area contributed by atoms with Gasteiger partial charge in [-0.2, -0.15) is 0 Å².